The zero-order valence-corrected chi connectivity index (χ0v) is 14.3. The van der Waals surface area contributed by atoms with Crippen LogP contribution in [0, 0.1) is 10.1 Å². The van der Waals surface area contributed by atoms with Crippen molar-refractivity contribution in [2.75, 3.05) is 26.8 Å². The van der Waals surface area contributed by atoms with Crippen LogP contribution < -0.4 is 15.2 Å². The number of nitro benzene ring substituents is 1. The number of halogens is 1. The lowest BCUT2D eigenvalue weighted by Gasteiger charge is -2.34. The summed E-state index contributed by atoms with van der Waals surface area (Å²) in [6.45, 7) is 1.00. The number of likely N-dealkylation sites (tertiary alicyclic amines) is 1. The maximum atomic E-state index is 12.3. The Labute approximate surface area is 146 Å². The van der Waals surface area contributed by atoms with Gasteiger partial charge in [-0.2, -0.15) is 0 Å². The molecule has 1 amide bonds. The molecule has 0 bridgehead atoms. The number of nitrogens with two attached hydrogens (primary N) is 1. The topological polar surface area (TPSA) is 108 Å². The van der Waals surface area contributed by atoms with E-state index in [2.05, 4.69) is 0 Å². The van der Waals surface area contributed by atoms with Crippen LogP contribution in [0.3, 0.4) is 0 Å². The molecule has 2 N–H and O–H groups in total. The Kier molecular flexibility index (Phi) is 7.73. The Morgan fingerprint density at radius 1 is 1.46 bits per heavy atom. The minimum absolute atomic E-state index is 0. The average molecular weight is 360 g/mol. The predicted octanol–water partition coefficient (Wildman–Crippen LogP) is 1.74. The second-order valence-corrected chi connectivity index (χ2v) is 5.35. The number of benzene rings is 1. The number of carbonyl (C=O) groups excluding carboxylic acids is 1. The van der Waals surface area contributed by atoms with Crippen LogP contribution in [-0.4, -0.2) is 48.6 Å². The van der Waals surface area contributed by atoms with Crippen molar-refractivity contribution in [1.82, 2.24) is 4.90 Å². The van der Waals surface area contributed by atoms with Crippen LogP contribution in [0.25, 0.3) is 0 Å². The third kappa shape index (κ3) is 4.72. The summed E-state index contributed by atoms with van der Waals surface area (Å²) in [7, 11) is 1.34. The van der Waals surface area contributed by atoms with Crippen molar-refractivity contribution in [3.8, 4) is 11.5 Å². The molecule has 2 rings (SSSR count). The maximum Gasteiger partial charge on any atom is 0.311 e. The van der Waals surface area contributed by atoms with E-state index >= 15 is 0 Å². The quantitative estimate of drug-likeness (QED) is 0.612. The summed E-state index contributed by atoms with van der Waals surface area (Å²) in [6.07, 6.45) is 2.95. The number of hydrogen-bond acceptors (Lipinski definition) is 6. The van der Waals surface area contributed by atoms with Gasteiger partial charge in [0.2, 0.25) is 5.75 Å². The molecule has 1 unspecified atom stereocenters. The number of ether oxygens (including phenoxy) is 2. The van der Waals surface area contributed by atoms with E-state index in [1.165, 1.54) is 25.3 Å². The average Bonchev–Trinajstić information content (AvgIpc) is 2.59. The van der Waals surface area contributed by atoms with Gasteiger partial charge in [-0.15, -0.1) is 12.4 Å². The second kappa shape index (κ2) is 9.29. The van der Waals surface area contributed by atoms with Crippen molar-refractivity contribution >= 4 is 24.0 Å². The zero-order valence-electron chi connectivity index (χ0n) is 13.5. The highest BCUT2D eigenvalue weighted by molar-refractivity contribution is 5.85. The van der Waals surface area contributed by atoms with Crippen molar-refractivity contribution in [3.63, 3.8) is 0 Å². The molecule has 8 nitrogen and oxygen atoms in total. The molecule has 1 aromatic carbocycles. The normalized spacial score (nSPS) is 16.9. The molecular formula is C15H22ClN3O5. The number of nitro groups is 1. The first kappa shape index (κ1) is 20.0. The second-order valence-electron chi connectivity index (χ2n) is 5.35. The van der Waals surface area contributed by atoms with Crippen molar-refractivity contribution < 1.29 is 19.2 Å². The van der Waals surface area contributed by atoms with E-state index in [1.807, 2.05) is 0 Å². The standard InChI is InChI=1S/C15H21N3O5.ClH/c1-22-14-8-12(5-6-13(14)18(20)21)23-10-15(19)17-7-3-2-4-11(17)9-16;/h5-6,8,11H,2-4,7,9-10,16H2,1H3;1H. The SMILES string of the molecule is COc1cc(OCC(=O)N2CCCCC2CN)ccc1[N+](=O)[O-].Cl. The molecule has 0 radical (unpaired) electrons. The molecule has 1 aliphatic heterocycles. The van der Waals surface area contributed by atoms with E-state index < -0.39 is 4.92 Å². The van der Waals surface area contributed by atoms with Gasteiger partial charge in [0, 0.05) is 31.3 Å². The lowest BCUT2D eigenvalue weighted by molar-refractivity contribution is -0.385. The fourth-order valence-electron chi connectivity index (χ4n) is 2.70. The van der Waals surface area contributed by atoms with Gasteiger partial charge >= 0.3 is 5.69 Å². The number of piperidine rings is 1. The summed E-state index contributed by atoms with van der Waals surface area (Å²) in [5.41, 5.74) is 5.56. The van der Waals surface area contributed by atoms with Crippen LogP contribution >= 0.6 is 12.4 Å². The van der Waals surface area contributed by atoms with Crippen molar-refractivity contribution in [2.45, 2.75) is 25.3 Å². The highest BCUT2D eigenvalue weighted by Gasteiger charge is 2.26. The molecule has 1 fully saturated rings. The van der Waals surface area contributed by atoms with E-state index in [4.69, 9.17) is 15.2 Å². The van der Waals surface area contributed by atoms with E-state index in [-0.39, 0.29) is 42.4 Å². The number of carbonyl (C=O) groups is 1. The first-order chi connectivity index (χ1) is 11.1. The highest BCUT2D eigenvalue weighted by atomic mass is 35.5. The summed E-state index contributed by atoms with van der Waals surface area (Å²) in [5.74, 6) is 0.317. The molecule has 24 heavy (non-hydrogen) atoms. The van der Waals surface area contributed by atoms with Gasteiger partial charge in [-0.05, 0) is 25.3 Å². The number of hydrogen-bond donors (Lipinski definition) is 1. The number of rotatable bonds is 6. The molecule has 0 saturated carbocycles. The molecule has 9 heteroatoms. The van der Waals surface area contributed by atoms with Gasteiger partial charge in [0.15, 0.2) is 6.61 Å². The van der Waals surface area contributed by atoms with Gasteiger partial charge < -0.3 is 20.1 Å². The van der Waals surface area contributed by atoms with E-state index in [0.717, 1.165) is 19.3 Å². The molecule has 1 aliphatic rings. The number of nitrogens with zero attached hydrogens (tertiary/aromatic N) is 2. The van der Waals surface area contributed by atoms with Gasteiger partial charge in [0.25, 0.3) is 5.91 Å². The molecule has 1 aromatic rings. The Balaban J connectivity index is 0.00000288. The van der Waals surface area contributed by atoms with Gasteiger partial charge in [0.1, 0.15) is 5.75 Å². The summed E-state index contributed by atoms with van der Waals surface area (Å²) in [4.78, 5) is 24.3. The van der Waals surface area contributed by atoms with Crippen LogP contribution in [0.15, 0.2) is 18.2 Å². The Bertz CT molecular complexity index is 584. The molecule has 1 saturated heterocycles. The van der Waals surface area contributed by atoms with E-state index in [9.17, 15) is 14.9 Å². The Morgan fingerprint density at radius 2 is 2.21 bits per heavy atom. The Hall–Kier alpha value is -2.06. The third-order valence-electron chi connectivity index (χ3n) is 3.93. The minimum Gasteiger partial charge on any atom is -0.490 e. The van der Waals surface area contributed by atoms with Gasteiger partial charge in [0.05, 0.1) is 12.0 Å². The molecule has 1 atom stereocenters. The molecule has 134 valence electrons. The molecule has 0 spiro atoms. The maximum absolute atomic E-state index is 12.3. The molecule has 1 heterocycles. The van der Waals surface area contributed by atoms with Crippen LogP contribution in [0.2, 0.25) is 0 Å². The van der Waals surface area contributed by atoms with Crippen LogP contribution in [0.5, 0.6) is 11.5 Å². The van der Waals surface area contributed by atoms with Gasteiger partial charge in [-0.1, -0.05) is 0 Å². The predicted molar refractivity (Wildman–Crippen MR) is 90.8 cm³/mol. The first-order valence-corrected chi connectivity index (χ1v) is 7.51. The number of amides is 1. The van der Waals surface area contributed by atoms with E-state index in [0.29, 0.717) is 18.8 Å². The van der Waals surface area contributed by atoms with Gasteiger partial charge in [-0.25, -0.2) is 0 Å². The minimum atomic E-state index is -0.534. The summed E-state index contributed by atoms with van der Waals surface area (Å²) >= 11 is 0. The Morgan fingerprint density at radius 3 is 2.83 bits per heavy atom. The van der Waals surface area contributed by atoms with Crippen LogP contribution in [-0.2, 0) is 4.79 Å². The smallest absolute Gasteiger partial charge is 0.311 e. The fourth-order valence-corrected chi connectivity index (χ4v) is 2.70. The van der Waals surface area contributed by atoms with Crippen LogP contribution in [0.1, 0.15) is 19.3 Å². The van der Waals surface area contributed by atoms with Crippen molar-refractivity contribution in [2.24, 2.45) is 5.73 Å². The zero-order chi connectivity index (χ0) is 16.8. The largest absolute Gasteiger partial charge is 0.490 e. The lowest BCUT2D eigenvalue weighted by Crippen LogP contribution is -2.49. The summed E-state index contributed by atoms with van der Waals surface area (Å²) in [6, 6.07) is 4.21. The number of methoxy groups -OCH3 is 1. The highest BCUT2D eigenvalue weighted by Crippen LogP contribution is 2.30. The van der Waals surface area contributed by atoms with Crippen LogP contribution in [0.4, 0.5) is 5.69 Å². The monoisotopic (exact) mass is 359 g/mol. The third-order valence-corrected chi connectivity index (χ3v) is 3.93. The van der Waals surface area contributed by atoms with E-state index in [1.54, 1.807) is 4.90 Å². The molecule has 0 aromatic heterocycles. The molecule has 0 aliphatic carbocycles. The van der Waals surface area contributed by atoms with Crippen molar-refractivity contribution in [1.29, 1.82) is 0 Å². The first-order valence-electron chi connectivity index (χ1n) is 7.51. The van der Waals surface area contributed by atoms with Crippen molar-refractivity contribution in [3.05, 3.63) is 28.3 Å². The fraction of sp³-hybridized carbons (Fsp3) is 0.533. The summed E-state index contributed by atoms with van der Waals surface area (Å²) < 4.78 is 10.4. The lowest BCUT2D eigenvalue weighted by atomic mass is 10.0. The summed E-state index contributed by atoms with van der Waals surface area (Å²) in [5, 5.41) is 10.8. The molecular weight excluding hydrogens is 338 g/mol. The van der Waals surface area contributed by atoms with Gasteiger partial charge in [-0.3, -0.25) is 14.9 Å².